The van der Waals surface area contributed by atoms with Crippen LogP contribution in [0.1, 0.15) is 27.2 Å². The number of aromatic nitrogens is 2. The fourth-order valence-corrected chi connectivity index (χ4v) is 1.95. The molecule has 0 atom stereocenters. The first kappa shape index (κ1) is 16.0. The molecule has 0 aliphatic rings. The molecule has 0 saturated carbocycles. The van der Waals surface area contributed by atoms with Gasteiger partial charge >= 0.3 is 11.7 Å². The van der Waals surface area contributed by atoms with E-state index in [0.717, 1.165) is 11.0 Å². The molecule has 0 aromatic carbocycles. The Morgan fingerprint density at radius 3 is 2.50 bits per heavy atom. The van der Waals surface area contributed by atoms with Gasteiger partial charge in [-0.15, -0.1) is 0 Å². The zero-order valence-electron chi connectivity index (χ0n) is 12.3. The number of aryl methyl sites for hydroxylation is 1. The Labute approximate surface area is 117 Å². The maximum atomic E-state index is 12.2. The molecule has 2 N–H and O–H groups in total. The largest absolute Gasteiger partial charge is 0.469 e. The number of carbonyl (C=O) groups excluding carboxylic acids is 1. The van der Waals surface area contributed by atoms with Gasteiger partial charge in [0.15, 0.2) is 0 Å². The highest BCUT2D eigenvalue weighted by molar-refractivity contribution is 5.75. The molecule has 0 saturated heterocycles. The van der Waals surface area contributed by atoms with Crippen LogP contribution in [0.25, 0.3) is 0 Å². The van der Waals surface area contributed by atoms with E-state index in [4.69, 9.17) is 5.73 Å². The number of carbonyl (C=O) groups is 1. The topological polar surface area (TPSA) is 96.3 Å². The summed E-state index contributed by atoms with van der Waals surface area (Å²) in [6, 6.07) is 0. The lowest BCUT2D eigenvalue weighted by atomic mass is 9.93. The maximum Gasteiger partial charge on any atom is 0.331 e. The Morgan fingerprint density at radius 1 is 1.40 bits per heavy atom. The lowest BCUT2D eigenvalue weighted by molar-refractivity contribution is -0.151. The quantitative estimate of drug-likeness (QED) is 0.779. The summed E-state index contributed by atoms with van der Waals surface area (Å²) in [6.45, 7) is 5.51. The second-order valence-corrected chi connectivity index (χ2v) is 5.33. The van der Waals surface area contributed by atoms with Crippen molar-refractivity contribution < 1.29 is 9.53 Å². The van der Waals surface area contributed by atoms with E-state index in [2.05, 4.69) is 4.74 Å². The molecular formula is C13H21N3O4. The molecule has 0 amide bonds. The molecule has 0 fully saturated rings. The number of nitrogens with zero attached hydrogens (tertiary/aromatic N) is 2. The molecule has 1 heterocycles. The van der Waals surface area contributed by atoms with Gasteiger partial charge in [0.05, 0.1) is 12.5 Å². The van der Waals surface area contributed by atoms with Crippen molar-refractivity contribution >= 4 is 11.7 Å². The maximum absolute atomic E-state index is 12.2. The predicted molar refractivity (Wildman–Crippen MR) is 75.5 cm³/mol. The molecular weight excluding hydrogens is 262 g/mol. The summed E-state index contributed by atoms with van der Waals surface area (Å²) in [6.07, 6.45) is 2.08. The third-order valence-corrected chi connectivity index (χ3v) is 3.02. The predicted octanol–water partition coefficient (Wildman–Crippen LogP) is 0.201. The molecule has 0 aliphatic carbocycles. The number of hydrogen-bond acceptors (Lipinski definition) is 5. The van der Waals surface area contributed by atoms with Crippen LogP contribution < -0.4 is 17.0 Å². The van der Waals surface area contributed by atoms with E-state index in [0.29, 0.717) is 6.54 Å². The number of esters is 1. The average molecular weight is 283 g/mol. The molecule has 1 rings (SSSR count). The van der Waals surface area contributed by atoms with Crippen molar-refractivity contribution in [3.8, 4) is 0 Å². The molecule has 0 radical (unpaired) electrons. The molecule has 7 heteroatoms. The number of nitrogen functional groups attached to an aromatic ring is 1. The van der Waals surface area contributed by atoms with Crippen LogP contribution in [0.4, 0.5) is 5.69 Å². The third kappa shape index (κ3) is 3.09. The Morgan fingerprint density at radius 2 is 2.00 bits per heavy atom. The third-order valence-electron chi connectivity index (χ3n) is 3.02. The van der Waals surface area contributed by atoms with Gasteiger partial charge < -0.3 is 10.5 Å². The van der Waals surface area contributed by atoms with Gasteiger partial charge in [0, 0.05) is 19.3 Å². The highest BCUT2D eigenvalue weighted by Gasteiger charge is 2.31. The molecule has 1 aromatic heterocycles. The fourth-order valence-electron chi connectivity index (χ4n) is 1.95. The normalized spacial score (nSPS) is 11.4. The first-order chi connectivity index (χ1) is 9.24. The van der Waals surface area contributed by atoms with Crippen LogP contribution in [0.15, 0.2) is 15.8 Å². The summed E-state index contributed by atoms with van der Waals surface area (Å²) < 4.78 is 7.05. The van der Waals surface area contributed by atoms with E-state index < -0.39 is 22.6 Å². The molecule has 20 heavy (non-hydrogen) atoms. The fraction of sp³-hybridized carbons (Fsp3) is 0.615. The zero-order chi connectivity index (χ0) is 15.5. The SMILES string of the molecule is CCCn1cc(N)c(=O)n(CC(C)(C)C(=O)OC)c1=O. The van der Waals surface area contributed by atoms with Crippen molar-refractivity contribution in [2.75, 3.05) is 12.8 Å². The van der Waals surface area contributed by atoms with Crippen molar-refractivity contribution in [3.63, 3.8) is 0 Å². The highest BCUT2D eigenvalue weighted by Crippen LogP contribution is 2.18. The van der Waals surface area contributed by atoms with Gasteiger partial charge in [0.1, 0.15) is 5.69 Å². The minimum atomic E-state index is -0.991. The number of methoxy groups -OCH3 is 1. The van der Waals surface area contributed by atoms with E-state index in [1.807, 2.05) is 6.92 Å². The van der Waals surface area contributed by atoms with E-state index >= 15 is 0 Å². The molecule has 0 spiro atoms. The lowest BCUT2D eigenvalue weighted by Crippen LogP contribution is -2.45. The standard InChI is InChI=1S/C13H21N3O4/c1-5-6-15-7-9(14)10(17)16(12(15)19)8-13(2,3)11(18)20-4/h7H,5-6,8,14H2,1-4H3. The average Bonchev–Trinajstić information content (AvgIpc) is 2.40. The lowest BCUT2D eigenvalue weighted by Gasteiger charge is -2.22. The molecule has 0 unspecified atom stereocenters. The van der Waals surface area contributed by atoms with E-state index in [9.17, 15) is 14.4 Å². The molecule has 7 nitrogen and oxygen atoms in total. The minimum absolute atomic E-state index is 0.0151. The summed E-state index contributed by atoms with van der Waals surface area (Å²) in [4.78, 5) is 35.9. The molecule has 1 aromatic rings. The van der Waals surface area contributed by atoms with Crippen LogP contribution in [0, 0.1) is 5.41 Å². The number of ether oxygens (including phenoxy) is 1. The second-order valence-electron chi connectivity index (χ2n) is 5.33. The van der Waals surface area contributed by atoms with Crippen LogP contribution in [-0.4, -0.2) is 22.2 Å². The van der Waals surface area contributed by atoms with E-state index in [1.54, 1.807) is 13.8 Å². The van der Waals surface area contributed by atoms with Crippen molar-refractivity contribution in [3.05, 3.63) is 27.0 Å². The van der Waals surface area contributed by atoms with Gasteiger partial charge in [-0.25, -0.2) is 4.79 Å². The van der Waals surface area contributed by atoms with Crippen molar-refractivity contribution in [1.82, 2.24) is 9.13 Å². The Balaban J connectivity index is 3.35. The van der Waals surface area contributed by atoms with E-state index in [-0.39, 0.29) is 12.2 Å². The minimum Gasteiger partial charge on any atom is -0.469 e. The number of nitrogens with two attached hydrogens (primary N) is 1. The van der Waals surface area contributed by atoms with Crippen LogP contribution in [0.2, 0.25) is 0 Å². The van der Waals surface area contributed by atoms with E-state index in [1.165, 1.54) is 17.9 Å². The first-order valence-electron chi connectivity index (χ1n) is 6.42. The summed E-state index contributed by atoms with van der Waals surface area (Å²) >= 11 is 0. The second kappa shape index (κ2) is 5.94. The van der Waals surface area contributed by atoms with Crippen LogP contribution in [-0.2, 0) is 22.6 Å². The van der Waals surface area contributed by atoms with Crippen LogP contribution in [0.5, 0.6) is 0 Å². The molecule has 112 valence electrons. The smallest absolute Gasteiger partial charge is 0.331 e. The van der Waals surface area contributed by atoms with Gasteiger partial charge in [-0.1, -0.05) is 6.92 Å². The first-order valence-corrected chi connectivity index (χ1v) is 6.42. The Hall–Kier alpha value is -2.05. The van der Waals surface area contributed by atoms with Gasteiger partial charge in [-0.3, -0.25) is 18.7 Å². The van der Waals surface area contributed by atoms with Crippen molar-refractivity contribution in [1.29, 1.82) is 0 Å². The Kier molecular flexibility index (Phi) is 4.75. The number of hydrogen-bond donors (Lipinski definition) is 1. The highest BCUT2D eigenvalue weighted by atomic mass is 16.5. The Bertz CT molecular complexity index is 613. The summed E-state index contributed by atoms with van der Waals surface area (Å²) in [5.41, 5.74) is 3.58. The number of anilines is 1. The van der Waals surface area contributed by atoms with Crippen molar-refractivity contribution in [2.24, 2.45) is 5.41 Å². The summed E-state index contributed by atoms with van der Waals surface area (Å²) in [5, 5.41) is 0. The van der Waals surface area contributed by atoms with Crippen LogP contribution in [0.3, 0.4) is 0 Å². The number of rotatable bonds is 5. The van der Waals surface area contributed by atoms with Gasteiger partial charge in [0.2, 0.25) is 0 Å². The van der Waals surface area contributed by atoms with Crippen molar-refractivity contribution in [2.45, 2.75) is 40.3 Å². The summed E-state index contributed by atoms with van der Waals surface area (Å²) in [5.74, 6) is -0.492. The van der Waals surface area contributed by atoms with Gasteiger partial charge in [-0.05, 0) is 20.3 Å². The van der Waals surface area contributed by atoms with Crippen LogP contribution >= 0.6 is 0 Å². The van der Waals surface area contributed by atoms with Gasteiger partial charge in [0.25, 0.3) is 5.56 Å². The van der Waals surface area contributed by atoms with Gasteiger partial charge in [-0.2, -0.15) is 0 Å². The summed E-state index contributed by atoms with van der Waals surface area (Å²) in [7, 11) is 1.27. The molecule has 0 bridgehead atoms. The monoisotopic (exact) mass is 283 g/mol. The molecule has 0 aliphatic heterocycles. The zero-order valence-corrected chi connectivity index (χ0v) is 12.3.